The maximum Gasteiger partial charge on any atom is 0.119 e. The van der Waals surface area contributed by atoms with Crippen LogP contribution in [0.3, 0.4) is 0 Å². The molecule has 3 nitrogen and oxygen atoms in total. The van der Waals surface area contributed by atoms with E-state index in [1.807, 2.05) is 36.0 Å². The van der Waals surface area contributed by atoms with Crippen molar-refractivity contribution in [2.45, 2.75) is 18.6 Å². The molecule has 0 radical (unpaired) electrons. The van der Waals surface area contributed by atoms with Crippen LogP contribution < -0.4 is 4.74 Å². The molecule has 1 heterocycles. The van der Waals surface area contributed by atoms with Gasteiger partial charge in [-0.2, -0.15) is 11.8 Å². The van der Waals surface area contributed by atoms with Crippen LogP contribution >= 0.6 is 11.8 Å². The molecule has 0 bridgehead atoms. The Hall–Kier alpha value is -0.710. The smallest absolute Gasteiger partial charge is 0.119 e. The van der Waals surface area contributed by atoms with Crippen molar-refractivity contribution in [3.63, 3.8) is 0 Å². The lowest BCUT2D eigenvalue weighted by Crippen LogP contribution is -2.34. The third-order valence-corrected chi connectivity index (χ3v) is 4.61. The Balaban J connectivity index is 1.95. The average molecular weight is 267 g/mol. The lowest BCUT2D eigenvalue weighted by molar-refractivity contribution is 0.110. The van der Waals surface area contributed by atoms with E-state index >= 15 is 0 Å². The summed E-state index contributed by atoms with van der Waals surface area (Å²) in [6, 6.07) is 8.28. The summed E-state index contributed by atoms with van der Waals surface area (Å²) in [6.07, 6.45) is 0.780. The molecule has 100 valence electrons. The molecule has 0 aliphatic carbocycles. The van der Waals surface area contributed by atoms with Crippen molar-refractivity contribution >= 4 is 11.8 Å². The summed E-state index contributed by atoms with van der Waals surface area (Å²) in [7, 11) is 3.74. The number of aliphatic hydroxyl groups excluding tert-OH is 1. The quantitative estimate of drug-likeness (QED) is 0.886. The Kier molecular flexibility index (Phi) is 4.92. The molecule has 1 saturated heterocycles. The topological polar surface area (TPSA) is 32.7 Å². The fourth-order valence-corrected chi connectivity index (χ4v) is 3.54. The van der Waals surface area contributed by atoms with E-state index in [-0.39, 0.29) is 0 Å². The fourth-order valence-electron chi connectivity index (χ4n) is 2.25. The Labute approximate surface area is 113 Å². The largest absolute Gasteiger partial charge is 0.497 e. The van der Waals surface area contributed by atoms with Gasteiger partial charge in [-0.3, -0.25) is 4.90 Å². The van der Waals surface area contributed by atoms with Gasteiger partial charge in [0.05, 0.1) is 13.2 Å². The maximum atomic E-state index is 10.3. The highest BCUT2D eigenvalue weighted by Gasteiger charge is 2.22. The molecule has 2 unspecified atom stereocenters. The lowest BCUT2D eigenvalue weighted by Gasteiger charge is -2.26. The molecule has 0 amide bonds. The van der Waals surface area contributed by atoms with Gasteiger partial charge in [0.25, 0.3) is 0 Å². The molecule has 0 spiro atoms. The zero-order valence-corrected chi connectivity index (χ0v) is 11.8. The predicted octanol–water partition coefficient (Wildman–Crippen LogP) is 2.17. The van der Waals surface area contributed by atoms with E-state index in [9.17, 15) is 5.11 Å². The van der Waals surface area contributed by atoms with Gasteiger partial charge in [-0.25, -0.2) is 0 Å². The predicted molar refractivity (Wildman–Crippen MR) is 76.3 cm³/mol. The van der Waals surface area contributed by atoms with Crippen LogP contribution in [-0.2, 0) is 0 Å². The van der Waals surface area contributed by atoms with Gasteiger partial charge in [-0.15, -0.1) is 0 Å². The zero-order chi connectivity index (χ0) is 13.0. The average Bonchev–Trinajstić information content (AvgIpc) is 2.92. The zero-order valence-electron chi connectivity index (χ0n) is 11.0. The number of rotatable bonds is 5. The second kappa shape index (κ2) is 6.45. The van der Waals surface area contributed by atoms with Crippen molar-refractivity contribution in [1.82, 2.24) is 4.90 Å². The van der Waals surface area contributed by atoms with Crippen molar-refractivity contribution < 1.29 is 9.84 Å². The Morgan fingerprint density at radius 1 is 1.56 bits per heavy atom. The number of methoxy groups -OCH3 is 1. The minimum Gasteiger partial charge on any atom is -0.497 e. The third kappa shape index (κ3) is 3.40. The number of nitrogens with zero attached hydrogens (tertiary/aromatic N) is 1. The lowest BCUT2D eigenvalue weighted by atomic mass is 10.1. The van der Waals surface area contributed by atoms with Crippen LogP contribution in [-0.4, -0.2) is 48.3 Å². The van der Waals surface area contributed by atoms with Crippen molar-refractivity contribution in [1.29, 1.82) is 0 Å². The molecule has 1 N–H and O–H groups in total. The van der Waals surface area contributed by atoms with E-state index in [4.69, 9.17) is 4.74 Å². The number of aliphatic hydroxyl groups is 1. The summed E-state index contributed by atoms with van der Waals surface area (Å²) in [5.41, 5.74) is 0.923. The highest BCUT2D eigenvalue weighted by molar-refractivity contribution is 7.99. The van der Waals surface area contributed by atoms with E-state index in [2.05, 4.69) is 11.9 Å². The number of hydrogen-bond acceptors (Lipinski definition) is 4. The first-order valence-electron chi connectivity index (χ1n) is 6.30. The van der Waals surface area contributed by atoms with E-state index in [0.29, 0.717) is 12.6 Å². The summed E-state index contributed by atoms with van der Waals surface area (Å²) in [4.78, 5) is 2.27. The van der Waals surface area contributed by atoms with Crippen LogP contribution in [0, 0.1) is 0 Å². The number of hydrogen-bond donors (Lipinski definition) is 1. The van der Waals surface area contributed by atoms with Crippen molar-refractivity contribution in [3.05, 3.63) is 29.8 Å². The molecule has 18 heavy (non-hydrogen) atoms. The molecule has 0 saturated carbocycles. The van der Waals surface area contributed by atoms with Gasteiger partial charge in [0.15, 0.2) is 0 Å². The monoisotopic (exact) mass is 267 g/mol. The van der Waals surface area contributed by atoms with Crippen molar-refractivity contribution in [2.24, 2.45) is 0 Å². The minimum atomic E-state index is -0.448. The molecule has 2 rings (SSSR count). The number of ether oxygens (including phenoxy) is 1. The maximum absolute atomic E-state index is 10.3. The fraction of sp³-hybridized carbons (Fsp3) is 0.571. The summed E-state index contributed by atoms with van der Waals surface area (Å²) >= 11 is 2.00. The molecule has 1 aliphatic rings. The van der Waals surface area contributed by atoms with E-state index in [0.717, 1.165) is 11.3 Å². The molecule has 4 heteroatoms. The molecule has 0 aromatic heterocycles. The van der Waals surface area contributed by atoms with Crippen molar-refractivity contribution in [3.8, 4) is 5.75 Å². The SMILES string of the molecule is COc1cccc(C(O)CN(C)C2CCSC2)c1. The first kappa shape index (κ1) is 13.7. The normalized spacial score (nSPS) is 21.2. The Morgan fingerprint density at radius 3 is 3.06 bits per heavy atom. The van der Waals surface area contributed by atoms with Crippen LogP contribution in [0.25, 0.3) is 0 Å². The molecular formula is C14H21NO2S. The van der Waals surface area contributed by atoms with Crippen molar-refractivity contribution in [2.75, 3.05) is 32.2 Å². The highest BCUT2D eigenvalue weighted by Crippen LogP contribution is 2.24. The number of benzene rings is 1. The Bertz CT molecular complexity index is 380. The second-order valence-corrected chi connectivity index (χ2v) is 5.90. The molecule has 1 aliphatic heterocycles. The van der Waals surface area contributed by atoms with Gasteiger partial charge in [-0.05, 0) is 36.9 Å². The summed E-state index contributed by atoms with van der Waals surface area (Å²) < 4.78 is 5.18. The standard InChI is InChI=1S/C14H21NO2S/c1-15(12-6-7-18-10-12)9-14(16)11-4-3-5-13(8-11)17-2/h3-5,8,12,14,16H,6-7,9-10H2,1-2H3. The highest BCUT2D eigenvalue weighted by atomic mass is 32.2. The van der Waals surface area contributed by atoms with Crippen LogP contribution in [0.2, 0.25) is 0 Å². The summed E-state index contributed by atoms with van der Waals surface area (Å²) in [5.74, 6) is 3.22. The number of thioether (sulfide) groups is 1. The van der Waals surface area contributed by atoms with Gasteiger partial charge in [0.1, 0.15) is 5.75 Å². The van der Waals surface area contributed by atoms with E-state index in [1.165, 1.54) is 17.9 Å². The molecule has 1 fully saturated rings. The summed E-state index contributed by atoms with van der Waals surface area (Å²) in [5, 5.41) is 10.3. The second-order valence-electron chi connectivity index (χ2n) is 4.75. The van der Waals surface area contributed by atoms with Crippen LogP contribution in [0.4, 0.5) is 0 Å². The van der Waals surface area contributed by atoms with Gasteiger partial charge in [0, 0.05) is 18.3 Å². The molecule has 1 aromatic rings. The summed E-state index contributed by atoms with van der Waals surface area (Å²) in [6.45, 7) is 0.679. The minimum absolute atomic E-state index is 0.448. The molecule has 2 atom stereocenters. The first-order valence-corrected chi connectivity index (χ1v) is 7.46. The van der Waals surface area contributed by atoms with Crippen LogP contribution in [0.1, 0.15) is 18.1 Å². The first-order chi connectivity index (χ1) is 8.70. The van der Waals surface area contributed by atoms with Gasteiger partial charge >= 0.3 is 0 Å². The van der Waals surface area contributed by atoms with E-state index in [1.54, 1.807) is 7.11 Å². The van der Waals surface area contributed by atoms with Crippen LogP contribution in [0.5, 0.6) is 5.75 Å². The van der Waals surface area contributed by atoms with Gasteiger partial charge < -0.3 is 9.84 Å². The van der Waals surface area contributed by atoms with E-state index < -0.39 is 6.10 Å². The molecule has 1 aromatic carbocycles. The third-order valence-electron chi connectivity index (χ3n) is 3.47. The van der Waals surface area contributed by atoms with Gasteiger partial charge in [0.2, 0.25) is 0 Å². The van der Waals surface area contributed by atoms with Gasteiger partial charge in [-0.1, -0.05) is 12.1 Å². The number of likely N-dealkylation sites (N-methyl/N-ethyl adjacent to an activating group) is 1. The Morgan fingerprint density at radius 2 is 2.39 bits per heavy atom. The molecular weight excluding hydrogens is 246 g/mol. The van der Waals surface area contributed by atoms with Crippen LogP contribution in [0.15, 0.2) is 24.3 Å².